The molecule has 3 rings (SSSR count). The molecule has 2 amide bonds. The first-order valence-electron chi connectivity index (χ1n) is 9.95. The fourth-order valence-electron chi connectivity index (χ4n) is 3.78. The van der Waals surface area contributed by atoms with E-state index in [0.29, 0.717) is 6.42 Å². The number of amides is 2. The highest BCUT2D eigenvalue weighted by atomic mass is 32.2. The van der Waals surface area contributed by atoms with Crippen LogP contribution in [0.3, 0.4) is 0 Å². The predicted molar refractivity (Wildman–Crippen MR) is 116 cm³/mol. The monoisotopic (exact) mass is 429 g/mol. The maximum atomic E-state index is 12.6. The van der Waals surface area contributed by atoms with Crippen molar-refractivity contribution in [2.24, 2.45) is 0 Å². The van der Waals surface area contributed by atoms with Crippen molar-refractivity contribution in [3.8, 4) is 0 Å². The molecule has 2 N–H and O–H groups in total. The van der Waals surface area contributed by atoms with Gasteiger partial charge >= 0.3 is 0 Å². The minimum Gasteiger partial charge on any atom is -0.350 e. The van der Waals surface area contributed by atoms with Gasteiger partial charge < -0.3 is 10.2 Å². The molecule has 0 radical (unpaired) electrons. The van der Waals surface area contributed by atoms with Gasteiger partial charge in [0.15, 0.2) is 0 Å². The van der Waals surface area contributed by atoms with Gasteiger partial charge in [-0.05, 0) is 49.6 Å². The summed E-state index contributed by atoms with van der Waals surface area (Å²) in [6.07, 6.45) is 0.647. The standard InChI is InChI=1S/C22H27N3O4S/c1-15-13-19-14-20(9-10-21(19)25(15)17(3)26)30(28,29)23-12-11-22(27)24-16(2)18-7-5-4-6-8-18/h4-10,14-16,23H,11-13H2,1-3H3,(H,24,27)/t15-,16-/m0/s1. The zero-order valence-corrected chi connectivity index (χ0v) is 18.2. The van der Waals surface area contributed by atoms with Crippen molar-refractivity contribution in [3.63, 3.8) is 0 Å². The highest BCUT2D eigenvalue weighted by Crippen LogP contribution is 2.33. The second kappa shape index (κ2) is 8.97. The maximum Gasteiger partial charge on any atom is 0.240 e. The lowest BCUT2D eigenvalue weighted by Crippen LogP contribution is -2.33. The van der Waals surface area contributed by atoms with Gasteiger partial charge in [-0.1, -0.05) is 30.3 Å². The highest BCUT2D eigenvalue weighted by Gasteiger charge is 2.30. The van der Waals surface area contributed by atoms with Gasteiger partial charge in [0.2, 0.25) is 21.8 Å². The van der Waals surface area contributed by atoms with Crippen molar-refractivity contribution < 1.29 is 18.0 Å². The Morgan fingerprint density at radius 3 is 2.53 bits per heavy atom. The third-order valence-electron chi connectivity index (χ3n) is 5.24. The average Bonchev–Trinajstić information content (AvgIpc) is 3.03. The van der Waals surface area contributed by atoms with Gasteiger partial charge in [-0.3, -0.25) is 9.59 Å². The second-order valence-corrected chi connectivity index (χ2v) is 9.35. The summed E-state index contributed by atoms with van der Waals surface area (Å²) in [5, 5.41) is 2.87. The van der Waals surface area contributed by atoms with Crippen molar-refractivity contribution >= 4 is 27.5 Å². The molecule has 7 nitrogen and oxygen atoms in total. The molecular weight excluding hydrogens is 402 g/mol. The lowest BCUT2D eigenvalue weighted by molar-refractivity contribution is -0.121. The van der Waals surface area contributed by atoms with Crippen molar-refractivity contribution in [1.29, 1.82) is 0 Å². The minimum atomic E-state index is -3.75. The van der Waals surface area contributed by atoms with E-state index in [2.05, 4.69) is 10.0 Å². The third-order valence-corrected chi connectivity index (χ3v) is 6.70. The quantitative estimate of drug-likeness (QED) is 0.707. The van der Waals surface area contributed by atoms with E-state index in [1.165, 1.54) is 13.0 Å². The van der Waals surface area contributed by atoms with E-state index in [4.69, 9.17) is 0 Å². The summed E-state index contributed by atoms with van der Waals surface area (Å²) in [7, 11) is -3.75. The van der Waals surface area contributed by atoms with E-state index in [1.54, 1.807) is 17.0 Å². The summed E-state index contributed by atoms with van der Waals surface area (Å²) < 4.78 is 27.7. The van der Waals surface area contributed by atoms with E-state index in [9.17, 15) is 18.0 Å². The minimum absolute atomic E-state index is 0.00119. The number of nitrogens with one attached hydrogen (secondary N) is 2. The molecular formula is C22H27N3O4S. The van der Waals surface area contributed by atoms with Gasteiger partial charge in [0.25, 0.3) is 0 Å². The van der Waals surface area contributed by atoms with Crippen molar-refractivity contribution in [1.82, 2.24) is 10.0 Å². The molecule has 0 bridgehead atoms. The third kappa shape index (κ3) is 4.88. The lowest BCUT2D eigenvalue weighted by atomic mass is 10.1. The Bertz CT molecular complexity index is 1040. The summed E-state index contributed by atoms with van der Waals surface area (Å²) in [6, 6.07) is 14.2. The Morgan fingerprint density at radius 2 is 1.87 bits per heavy atom. The van der Waals surface area contributed by atoms with Crippen LogP contribution < -0.4 is 14.9 Å². The van der Waals surface area contributed by atoms with E-state index in [0.717, 1.165) is 16.8 Å². The van der Waals surface area contributed by atoms with Crippen LogP contribution in [-0.2, 0) is 26.0 Å². The molecule has 0 aromatic heterocycles. The summed E-state index contributed by atoms with van der Waals surface area (Å²) in [4.78, 5) is 25.8. The van der Waals surface area contributed by atoms with E-state index < -0.39 is 10.0 Å². The lowest BCUT2D eigenvalue weighted by Gasteiger charge is -2.20. The van der Waals surface area contributed by atoms with Gasteiger partial charge in [-0.15, -0.1) is 0 Å². The Balaban J connectivity index is 1.58. The number of fused-ring (bicyclic) bond motifs is 1. The number of hydrogen-bond acceptors (Lipinski definition) is 4. The summed E-state index contributed by atoms with van der Waals surface area (Å²) in [5.41, 5.74) is 2.57. The highest BCUT2D eigenvalue weighted by molar-refractivity contribution is 7.89. The molecule has 2 aromatic rings. The van der Waals surface area contributed by atoms with Crippen LogP contribution in [0.4, 0.5) is 5.69 Å². The van der Waals surface area contributed by atoms with Crippen LogP contribution in [0.15, 0.2) is 53.4 Å². The zero-order chi connectivity index (χ0) is 21.9. The molecule has 160 valence electrons. The SMILES string of the molecule is CC(=O)N1c2ccc(S(=O)(=O)NCCC(=O)N[C@@H](C)c3ccccc3)cc2C[C@@H]1C. The number of anilines is 1. The first kappa shape index (κ1) is 22.0. The Labute approximate surface area is 177 Å². The van der Waals surface area contributed by atoms with Crippen molar-refractivity contribution in [2.75, 3.05) is 11.4 Å². The zero-order valence-electron chi connectivity index (χ0n) is 17.4. The molecule has 0 saturated carbocycles. The largest absolute Gasteiger partial charge is 0.350 e. The molecule has 1 heterocycles. The first-order valence-corrected chi connectivity index (χ1v) is 11.4. The van der Waals surface area contributed by atoms with Crippen LogP contribution in [0.25, 0.3) is 0 Å². The fraction of sp³-hybridized carbons (Fsp3) is 0.364. The van der Waals surface area contributed by atoms with E-state index >= 15 is 0 Å². The van der Waals surface area contributed by atoms with Gasteiger partial charge in [0, 0.05) is 31.6 Å². The molecule has 0 fully saturated rings. The van der Waals surface area contributed by atoms with Crippen LogP contribution in [0.1, 0.15) is 44.4 Å². The Hall–Kier alpha value is -2.71. The average molecular weight is 430 g/mol. The van der Waals surface area contributed by atoms with Crippen LogP contribution in [-0.4, -0.2) is 32.8 Å². The Morgan fingerprint density at radius 1 is 1.17 bits per heavy atom. The number of rotatable bonds is 7. The smallest absolute Gasteiger partial charge is 0.240 e. The normalized spacial score (nSPS) is 16.8. The van der Waals surface area contributed by atoms with Crippen LogP contribution in [0.5, 0.6) is 0 Å². The summed E-state index contributed by atoms with van der Waals surface area (Å²) >= 11 is 0. The first-order chi connectivity index (χ1) is 14.2. The molecule has 0 unspecified atom stereocenters. The summed E-state index contributed by atoms with van der Waals surface area (Å²) in [5.74, 6) is -0.292. The van der Waals surface area contributed by atoms with Gasteiger partial charge in [-0.2, -0.15) is 0 Å². The van der Waals surface area contributed by atoms with Crippen molar-refractivity contribution in [3.05, 3.63) is 59.7 Å². The summed E-state index contributed by atoms with van der Waals surface area (Å²) in [6.45, 7) is 5.32. The number of sulfonamides is 1. The Kier molecular flexibility index (Phi) is 6.58. The molecule has 2 atom stereocenters. The van der Waals surface area contributed by atoms with Crippen LogP contribution in [0, 0.1) is 0 Å². The molecule has 8 heteroatoms. The second-order valence-electron chi connectivity index (χ2n) is 7.58. The van der Waals surface area contributed by atoms with Gasteiger partial charge in [0.1, 0.15) is 0 Å². The molecule has 30 heavy (non-hydrogen) atoms. The molecule has 0 spiro atoms. The molecule has 2 aromatic carbocycles. The fourth-order valence-corrected chi connectivity index (χ4v) is 4.86. The predicted octanol–water partition coefficient (Wildman–Crippen LogP) is 2.53. The van der Waals surface area contributed by atoms with E-state index in [-0.39, 0.29) is 41.8 Å². The number of nitrogens with zero attached hydrogens (tertiary/aromatic N) is 1. The number of carbonyl (C=O) groups is 2. The topological polar surface area (TPSA) is 95.6 Å². The number of carbonyl (C=O) groups excluding carboxylic acids is 2. The maximum absolute atomic E-state index is 12.6. The molecule has 1 aliphatic heterocycles. The van der Waals surface area contributed by atoms with Gasteiger partial charge in [-0.25, -0.2) is 13.1 Å². The van der Waals surface area contributed by atoms with E-state index in [1.807, 2.05) is 44.2 Å². The molecule has 0 aliphatic carbocycles. The number of hydrogen-bond donors (Lipinski definition) is 2. The van der Waals surface area contributed by atoms with Crippen LogP contribution in [0.2, 0.25) is 0 Å². The van der Waals surface area contributed by atoms with Gasteiger partial charge in [0.05, 0.1) is 10.9 Å². The van der Waals surface area contributed by atoms with Crippen LogP contribution >= 0.6 is 0 Å². The number of benzene rings is 2. The molecule has 1 aliphatic rings. The molecule has 0 saturated heterocycles. The van der Waals surface area contributed by atoms with Crippen molar-refractivity contribution in [2.45, 2.75) is 50.6 Å².